The molecule has 2 aromatic heterocycles. The smallest absolute Gasteiger partial charge is 0.280 e. The molecule has 2 aromatic rings. The molecule has 16 heavy (non-hydrogen) atoms. The molecule has 0 amide bonds. The van der Waals surface area contributed by atoms with Crippen molar-refractivity contribution in [1.29, 1.82) is 0 Å². The van der Waals surface area contributed by atoms with Crippen molar-refractivity contribution < 1.29 is 9.53 Å². The van der Waals surface area contributed by atoms with Gasteiger partial charge in [-0.1, -0.05) is 22.9 Å². The zero-order valence-corrected chi connectivity index (χ0v) is 9.88. The van der Waals surface area contributed by atoms with Crippen LogP contribution in [0.1, 0.15) is 15.4 Å². The normalized spacial score (nSPS) is 10.1. The van der Waals surface area contributed by atoms with E-state index in [2.05, 4.69) is 9.97 Å². The van der Waals surface area contributed by atoms with Crippen LogP contribution in [-0.2, 0) is 0 Å². The van der Waals surface area contributed by atoms with Crippen LogP contribution in [-0.4, -0.2) is 16.3 Å². The number of carbonyl (C=O) groups is 1. The molecule has 2 heterocycles. The number of nitrogens with zero attached hydrogens (tertiary/aromatic N) is 2. The summed E-state index contributed by atoms with van der Waals surface area (Å²) in [4.78, 5) is 18.9. The van der Waals surface area contributed by atoms with Gasteiger partial charge in [0.2, 0.25) is 0 Å². The molecule has 0 unspecified atom stereocenters. The second-order valence-electron chi connectivity index (χ2n) is 2.94. The number of rotatable bonds is 3. The molecule has 82 valence electrons. The van der Waals surface area contributed by atoms with E-state index >= 15 is 0 Å². The van der Waals surface area contributed by atoms with E-state index in [1.54, 1.807) is 18.3 Å². The van der Waals surface area contributed by atoms with E-state index in [1.807, 2.05) is 6.92 Å². The molecule has 4 nitrogen and oxygen atoms in total. The molecule has 2 rings (SSSR count). The molecular formula is C10H7ClN2O2S. The standard InChI is InChI=1S/C10H7ClN2O2S/c1-6-7(3-2-4-12-6)15-10-13-9(11)8(5-14)16-10/h2-5H,1H3. The summed E-state index contributed by atoms with van der Waals surface area (Å²) in [5, 5.41) is 0.500. The minimum absolute atomic E-state index is 0.163. The maximum absolute atomic E-state index is 10.6. The molecule has 0 N–H and O–H groups in total. The minimum Gasteiger partial charge on any atom is -0.429 e. The molecular weight excluding hydrogens is 248 g/mol. The molecule has 0 radical (unpaired) electrons. The van der Waals surface area contributed by atoms with Crippen LogP contribution < -0.4 is 4.74 Å². The van der Waals surface area contributed by atoms with Crippen molar-refractivity contribution in [1.82, 2.24) is 9.97 Å². The molecule has 0 aliphatic rings. The first-order chi connectivity index (χ1) is 7.70. The second kappa shape index (κ2) is 4.59. The number of thiazole rings is 1. The molecule has 0 aliphatic heterocycles. The fraction of sp³-hybridized carbons (Fsp3) is 0.100. The molecule has 0 atom stereocenters. The number of aromatic nitrogens is 2. The van der Waals surface area contributed by atoms with Crippen LogP contribution in [0, 0.1) is 6.92 Å². The SMILES string of the molecule is Cc1ncccc1Oc1nc(Cl)c(C=O)s1. The number of carbonyl (C=O) groups excluding carboxylic acids is 1. The first-order valence-electron chi connectivity index (χ1n) is 4.41. The fourth-order valence-electron chi connectivity index (χ4n) is 1.08. The Morgan fingerprint density at radius 2 is 2.38 bits per heavy atom. The molecule has 6 heteroatoms. The predicted molar refractivity (Wildman–Crippen MR) is 61.6 cm³/mol. The van der Waals surface area contributed by atoms with Gasteiger partial charge in [-0.3, -0.25) is 9.78 Å². The fourth-order valence-corrected chi connectivity index (χ4v) is 2.00. The maximum atomic E-state index is 10.6. The van der Waals surface area contributed by atoms with E-state index in [4.69, 9.17) is 16.3 Å². The summed E-state index contributed by atoms with van der Waals surface area (Å²) in [5.74, 6) is 0.602. The van der Waals surface area contributed by atoms with Crippen LogP contribution >= 0.6 is 22.9 Å². The van der Waals surface area contributed by atoms with Gasteiger partial charge in [-0.15, -0.1) is 0 Å². The quantitative estimate of drug-likeness (QED) is 0.790. The van der Waals surface area contributed by atoms with Crippen LogP contribution in [0.4, 0.5) is 0 Å². The van der Waals surface area contributed by atoms with E-state index in [0.717, 1.165) is 17.0 Å². The number of ether oxygens (including phenoxy) is 1. The number of aryl methyl sites for hydroxylation is 1. The van der Waals surface area contributed by atoms with E-state index < -0.39 is 0 Å². The topological polar surface area (TPSA) is 52.1 Å². The first-order valence-corrected chi connectivity index (χ1v) is 5.61. The van der Waals surface area contributed by atoms with Gasteiger partial charge in [0.05, 0.1) is 5.69 Å². The largest absolute Gasteiger partial charge is 0.429 e. The molecule has 0 aromatic carbocycles. The monoisotopic (exact) mass is 254 g/mol. The van der Waals surface area contributed by atoms with Crippen LogP contribution in [0.15, 0.2) is 18.3 Å². The predicted octanol–water partition coefficient (Wildman–Crippen LogP) is 3.10. The third-order valence-corrected chi connectivity index (χ3v) is 3.11. The van der Waals surface area contributed by atoms with Gasteiger partial charge < -0.3 is 4.74 Å². The number of hydrogen-bond donors (Lipinski definition) is 0. The Hall–Kier alpha value is -1.46. The highest BCUT2D eigenvalue weighted by molar-refractivity contribution is 7.15. The zero-order chi connectivity index (χ0) is 11.5. The average molecular weight is 255 g/mol. The Labute approximate surface area is 101 Å². The van der Waals surface area contributed by atoms with Crippen LogP contribution in [0.5, 0.6) is 10.9 Å². The summed E-state index contributed by atoms with van der Waals surface area (Å²) in [7, 11) is 0. The third-order valence-electron chi connectivity index (χ3n) is 1.85. The lowest BCUT2D eigenvalue weighted by Gasteiger charge is -2.02. The molecule has 0 aliphatic carbocycles. The lowest BCUT2D eigenvalue weighted by molar-refractivity contribution is 0.112. The van der Waals surface area contributed by atoms with Gasteiger partial charge >= 0.3 is 0 Å². The molecule has 0 bridgehead atoms. The Morgan fingerprint density at radius 3 is 3.00 bits per heavy atom. The van der Waals surface area contributed by atoms with Gasteiger partial charge in [0, 0.05) is 6.20 Å². The van der Waals surface area contributed by atoms with Gasteiger partial charge in [0.25, 0.3) is 5.19 Å². The van der Waals surface area contributed by atoms with Gasteiger partial charge in [-0.25, -0.2) is 0 Å². The summed E-state index contributed by atoms with van der Waals surface area (Å²) < 4.78 is 5.47. The van der Waals surface area contributed by atoms with Crippen molar-refractivity contribution in [2.45, 2.75) is 6.92 Å². The minimum atomic E-state index is 0.163. The van der Waals surface area contributed by atoms with Crippen molar-refractivity contribution in [3.63, 3.8) is 0 Å². The van der Waals surface area contributed by atoms with Crippen molar-refractivity contribution in [2.24, 2.45) is 0 Å². The Morgan fingerprint density at radius 1 is 1.56 bits per heavy atom. The Bertz CT molecular complexity index is 527. The van der Waals surface area contributed by atoms with Gasteiger partial charge in [-0.2, -0.15) is 4.98 Å². The average Bonchev–Trinajstić information content (AvgIpc) is 2.62. The van der Waals surface area contributed by atoms with Crippen LogP contribution in [0.3, 0.4) is 0 Å². The van der Waals surface area contributed by atoms with Crippen molar-refractivity contribution in [2.75, 3.05) is 0 Å². The summed E-state index contributed by atoms with van der Waals surface area (Å²) in [5.41, 5.74) is 0.751. The molecule has 0 spiro atoms. The third kappa shape index (κ3) is 2.20. The summed E-state index contributed by atoms with van der Waals surface area (Å²) in [6, 6.07) is 3.54. The molecule has 0 fully saturated rings. The lowest BCUT2D eigenvalue weighted by Crippen LogP contribution is -1.88. The Balaban J connectivity index is 2.27. The molecule has 0 saturated carbocycles. The van der Waals surface area contributed by atoms with Crippen LogP contribution in [0.25, 0.3) is 0 Å². The van der Waals surface area contributed by atoms with E-state index in [0.29, 0.717) is 22.1 Å². The number of aldehydes is 1. The van der Waals surface area contributed by atoms with Gasteiger partial charge in [-0.05, 0) is 19.1 Å². The summed E-state index contributed by atoms with van der Waals surface area (Å²) >= 11 is 6.83. The van der Waals surface area contributed by atoms with Crippen molar-refractivity contribution >= 4 is 29.2 Å². The zero-order valence-electron chi connectivity index (χ0n) is 8.31. The lowest BCUT2D eigenvalue weighted by atomic mass is 10.3. The van der Waals surface area contributed by atoms with Gasteiger partial charge in [0.15, 0.2) is 17.2 Å². The van der Waals surface area contributed by atoms with Gasteiger partial charge in [0.1, 0.15) is 4.88 Å². The van der Waals surface area contributed by atoms with E-state index in [-0.39, 0.29) is 5.15 Å². The Kier molecular flexibility index (Phi) is 3.17. The van der Waals surface area contributed by atoms with E-state index in [1.165, 1.54) is 0 Å². The number of pyridine rings is 1. The highest BCUT2D eigenvalue weighted by Gasteiger charge is 2.11. The highest BCUT2D eigenvalue weighted by Crippen LogP contribution is 2.31. The highest BCUT2D eigenvalue weighted by atomic mass is 35.5. The van der Waals surface area contributed by atoms with Crippen LogP contribution in [0.2, 0.25) is 5.15 Å². The first kappa shape index (κ1) is 11.0. The second-order valence-corrected chi connectivity index (χ2v) is 4.29. The van der Waals surface area contributed by atoms with Crippen molar-refractivity contribution in [3.05, 3.63) is 34.1 Å². The number of hydrogen-bond acceptors (Lipinski definition) is 5. The van der Waals surface area contributed by atoms with E-state index in [9.17, 15) is 4.79 Å². The molecule has 0 saturated heterocycles. The summed E-state index contributed by atoms with van der Waals surface area (Å²) in [6.07, 6.45) is 2.33. The number of halogens is 1. The van der Waals surface area contributed by atoms with Crippen molar-refractivity contribution in [3.8, 4) is 10.9 Å². The summed E-state index contributed by atoms with van der Waals surface area (Å²) in [6.45, 7) is 1.82. The maximum Gasteiger partial charge on any atom is 0.280 e.